The summed E-state index contributed by atoms with van der Waals surface area (Å²) >= 11 is 0. The van der Waals surface area contributed by atoms with E-state index in [4.69, 9.17) is 4.98 Å². The second-order valence-electron chi connectivity index (χ2n) is 6.05. The Morgan fingerprint density at radius 1 is 1.12 bits per heavy atom. The van der Waals surface area contributed by atoms with Gasteiger partial charge in [-0.15, -0.1) is 0 Å². The highest BCUT2D eigenvalue weighted by Gasteiger charge is 2.25. The Labute approximate surface area is 139 Å². The van der Waals surface area contributed by atoms with Crippen LogP contribution in [-0.2, 0) is 0 Å². The van der Waals surface area contributed by atoms with Crippen LogP contribution in [0.4, 0.5) is 5.69 Å². The van der Waals surface area contributed by atoms with Crippen molar-refractivity contribution in [1.82, 2.24) is 9.55 Å². The molecule has 0 amide bonds. The summed E-state index contributed by atoms with van der Waals surface area (Å²) < 4.78 is 1.78. The van der Waals surface area contributed by atoms with Crippen molar-refractivity contribution in [3.05, 3.63) is 70.8 Å². The van der Waals surface area contributed by atoms with E-state index in [1.54, 1.807) is 4.57 Å². The number of benzene rings is 2. The molecule has 1 atom stereocenters. The Bertz CT molecular complexity index is 976. The Kier molecular flexibility index (Phi) is 3.61. The minimum Gasteiger partial charge on any atom is -0.288 e. The lowest BCUT2D eigenvalue weighted by Gasteiger charge is -2.25. The second kappa shape index (κ2) is 5.92. The third-order valence-corrected chi connectivity index (χ3v) is 4.40. The van der Waals surface area contributed by atoms with E-state index in [0.29, 0.717) is 11.2 Å². The zero-order valence-corrected chi connectivity index (χ0v) is 13.4. The van der Waals surface area contributed by atoms with Gasteiger partial charge in [0.05, 0.1) is 16.6 Å². The predicted octanol–water partition coefficient (Wildman–Crippen LogP) is 3.57. The van der Waals surface area contributed by atoms with Crippen LogP contribution in [0.5, 0.6) is 0 Å². The Hall–Kier alpha value is -2.95. The molecule has 0 saturated heterocycles. The Morgan fingerprint density at radius 3 is 2.71 bits per heavy atom. The van der Waals surface area contributed by atoms with E-state index in [0.717, 1.165) is 29.8 Å². The smallest absolute Gasteiger partial charge is 0.261 e. The number of hydrogen-bond acceptors (Lipinski definition) is 4. The van der Waals surface area contributed by atoms with Crippen molar-refractivity contribution >= 4 is 22.3 Å². The summed E-state index contributed by atoms with van der Waals surface area (Å²) in [5.74, 6) is 0.667. The molecule has 0 saturated carbocycles. The lowest BCUT2D eigenvalue weighted by atomic mass is 10.0. The monoisotopic (exact) mass is 318 g/mol. The molecule has 3 aromatic rings. The summed E-state index contributed by atoms with van der Waals surface area (Å²) in [6.07, 6.45) is 1.67. The van der Waals surface area contributed by atoms with Crippen LogP contribution in [0.15, 0.2) is 64.5 Å². The molecule has 1 unspecified atom stereocenters. The summed E-state index contributed by atoms with van der Waals surface area (Å²) in [5, 5.41) is 5.18. The van der Waals surface area contributed by atoms with Crippen LogP contribution in [0.25, 0.3) is 10.9 Å². The van der Waals surface area contributed by atoms with Crippen molar-refractivity contribution in [2.24, 2.45) is 5.10 Å². The first-order valence-electron chi connectivity index (χ1n) is 8.13. The van der Waals surface area contributed by atoms with Gasteiger partial charge in [0.2, 0.25) is 0 Å². The van der Waals surface area contributed by atoms with Gasteiger partial charge in [0.15, 0.2) is 5.82 Å². The molecule has 0 bridgehead atoms. The van der Waals surface area contributed by atoms with Crippen molar-refractivity contribution in [1.29, 1.82) is 0 Å². The number of hydrazone groups is 1. The first-order chi connectivity index (χ1) is 11.7. The van der Waals surface area contributed by atoms with Gasteiger partial charge in [-0.1, -0.05) is 30.3 Å². The number of anilines is 1. The van der Waals surface area contributed by atoms with E-state index >= 15 is 0 Å². The van der Waals surface area contributed by atoms with Crippen molar-refractivity contribution in [3.8, 4) is 0 Å². The van der Waals surface area contributed by atoms with Gasteiger partial charge < -0.3 is 0 Å². The maximum atomic E-state index is 12.9. The van der Waals surface area contributed by atoms with Crippen LogP contribution in [0, 0.1) is 0 Å². The van der Waals surface area contributed by atoms with Gasteiger partial charge in [0, 0.05) is 6.04 Å². The van der Waals surface area contributed by atoms with Crippen molar-refractivity contribution < 1.29 is 0 Å². The molecule has 5 nitrogen and oxygen atoms in total. The minimum atomic E-state index is 0.00945. The molecule has 0 spiro atoms. The number of rotatable bonds is 2. The fourth-order valence-corrected chi connectivity index (χ4v) is 3.10. The molecule has 2 heterocycles. The molecule has 1 N–H and O–H groups in total. The van der Waals surface area contributed by atoms with Gasteiger partial charge in [-0.2, -0.15) is 5.10 Å². The van der Waals surface area contributed by atoms with E-state index in [1.165, 1.54) is 0 Å². The predicted molar refractivity (Wildman–Crippen MR) is 96.5 cm³/mol. The van der Waals surface area contributed by atoms with Gasteiger partial charge in [-0.3, -0.25) is 14.8 Å². The quantitative estimate of drug-likeness (QED) is 0.735. The molecule has 4 rings (SSSR count). The number of hydrogen-bond donors (Lipinski definition) is 1. The van der Waals surface area contributed by atoms with Crippen molar-refractivity contribution in [3.63, 3.8) is 0 Å². The van der Waals surface area contributed by atoms with Crippen LogP contribution in [0.1, 0.15) is 31.6 Å². The maximum Gasteiger partial charge on any atom is 0.261 e. The highest BCUT2D eigenvalue weighted by atomic mass is 16.1. The Morgan fingerprint density at radius 2 is 1.88 bits per heavy atom. The van der Waals surface area contributed by atoms with Gasteiger partial charge in [0.25, 0.3) is 5.56 Å². The summed E-state index contributed by atoms with van der Waals surface area (Å²) in [7, 11) is 0. The highest BCUT2D eigenvalue weighted by Crippen LogP contribution is 2.23. The van der Waals surface area contributed by atoms with E-state index in [2.05, 4.69) is 17.5 Å². The fraction of sp³-hybridized carbons (Fsp3) is 0.211. The normalized spacial score (nSPS) is 18.5. The van der Waals surface area contributed by atoms with Crippen LogP contribution < -0.4 is 11.0 Å². The zero-order valence-electron chi connectivity index (χ0n) is 13.4. The molecule has 24 heavy (non-hydrogen) atoms. The standard InChI is InChI=1S/C19H18N4O/c1-13-11-12-17(22-21-14-7-3-2-4-8-14)18-20-16-10-6-5-9-15(16)19(24)23(13)18/h2-10,13,21H,11-12H2,1H3/b22-17+. The van der Waals surface area contributed by atoms with Crippen LogP contribution >= 0.6 is 0 Å². The SMILES string of the molecule is CC1CC/C(=N\Nc2ccccc2)c2nc3ccccc3c(=O)n21. The number of aromatic nitrogens is 2. The minimum absolute atomic E-state index is 0.00945. The van der Waals surface area contributed by atoms with E-state index in [1.807, 2.05) is 54.6 Å². The first kappa shape index (κ1) is 14.6. The summed E-state index contributed by atoms with van der Waals surface area (Å²) in [5.41, 5.74) is 5.53. The molecule has 1 aromatic heterocycles. The van der Waals surface area contributed by atoms with E-state index < -0.39 is 0 Å². The number of para-hydroxylation sites is 2. The summed E-state index contributed by atoms with van der Waals surface area (Å²) in [4.78, 5) is 17.6. The van der Waals surface area contributed by atoms with E-state index in [-0.39, 0.29) is 11.6 Å². The molecule has 1 aliphatic heterocycles. The number of nitrogens with one attached hydrogen (secondary N) is 1. The molecule has 0 fully saturated rings. The average molecular weight is 318 g/mol. The lowest BCUT2D eigenvalue weighted by Crippen LogP contribution is -2.34. The molecule has 1 aliphatic rings. The van der Waals surface area contributed by atoms with Crippen LogP contribution in [0.3, 0.4) is 0 Å². The molecular weight excluding hydrogens is 300 g/mol. The lowest BCUT2D eigenvalue weighted by molar-refractivity contribution is 0.475. The van der Waals surface area contributed by atoms with Gasteiger partial charge in [-0.05, 0) is 44.0 Å². The fourth-order valence-electron chi connectivity index (χ4n) is 3.10. The van der Waals surface area contributed by atoms with E-state index in [9.17, 15) is 4.79 Å². The zero-order chi connectivity index (χ0) is 16.5. The van der Waals surface area contributed by atoms with Gasteiger partial charge in [-0.25, -0.2) is 4.98 Å². The number of fused-ring (bicyclic) bond motifs is 2. The maximum absolute atomic E-state index is 12.9. The Balaban J connectivity index is 1.84. The topological polar surface area (TPSA) is 59.3 Å². The van der Waals surface area contributed by atoms with Crippen LogP contribution in [-0.4, -0.2) is 15.3 Å². The third kappa shape index (κ3) is 2.48. The molecule has 2 aromatic carbocycles. The average Bonchev–Trinajstić information content (AvgIpc) is 2.62. The van der Waals surface area contributed by atoms with Crippen molar-refractivity contribution in [2.45, 2.75) is 25.8 Å². The highest BCUT2D eigenvalue weighted by molar-refractivity contribution is 6.00. The molecular formula is C19H18N4O. The van der Waals surface area contributed by atoms with Crippen LogP contribution in [0.2, 0.25) is 0 Å². The second-order valence-corrected chi connectivity index (χ2v) is 6.05. The summed E-state index contributed by atoms with van der Waals surface area (Å²) in [6.45, 7) is 2.06. The summed E-state index contributed by atoms with van der Waals surface area (Å²) in [6, 6.07) is 17.4. The first-order valence-corrected chi connectivity index (χ1v) is 8.13. The molecule has 0 aliphatic carbocycles. The number of nitrogens with zero attached hydrogens (tertiary/aromatic N) is 3. The molecule has 0 radical (unpaired) electrons. The molecule has 120 valence electrons. The third-order valence-electron chi connectivity index (χ3n) is 4.40. The van der Waals surface area contributed by atoms with Crippen molar-refractivity contribution in [2.75, 3.05) is 5.43 Å². The van der Waals surface area contributed by atoms with Gasteiger partial charge in [0.1, 0.15) is 5.71 Å². The largest absolute Gasteiger partial charge is 0.288 e. The van der Waals surface area contributed by atoms with Gasteiger partial charge >= 0.3 is 0 Å². The molecule has 5 heteroatoms.